The predicted molar refractivity (Wildman–Crippen MR) is 70.5 cm³/mol. The van der Waals surface area contributed by atoms with E-state index in [1.807, 2.05) is 18.2 Å². The highest BCUT2D eigenvalue weighted by Crippen LogP contribution is 2.29. The molecule has 0 unspecified atom stereocenters. The van der Waals surface area contributed by atoms with Gasteiger partial charge in [0.1, 0.15) is 5.75 Å². The second-order valence-corrected chi connectivity index (χ2v) is 4.21. The molecule has 0 atom stereocenters. The first-order chi connectivity index (χ1) is 7.47. The number of anilines is 1. The molecule has 0 aliphatic heterocycles. The van der Waals surface area contributed by atoms with Gasteiger partial charge >= 0.3 is 0 Å². The van der Waals surface area contributed by atoms with Crippen LogP contribution in [0.15, 0.2) is 18.2 Å². The number of benzene rings is 1. The zero-order valence-corrected chi connectivity index (χ0v) is 10.5. The quantitative estimate of drug-likeness (QED) is 0.478. The molecule has 0 spiro atoms. The molecule has 0 saturated heterocycles. The van der Waals surface area contributed by atoms with Crippen molar-refractivity contribution in [3.63, 3.8) is 0 Å². The molecule has 0 bridgehead atoms. The SMILES string of the molecule is COc1ccc(N(N)C(N)=S)c(C(C)C)c1. The number of nitrogens with two attached hydrogens (primary N) is 2. The van der Waals surface area contributed by atoms with Crippen molar-refractivity contribution >= 4 is 23.0 Å². The maximum absolute atomic E-state index is 5.79. The Bertz CT molecular complexity index is 393. The smallest absolute Gasteiger partial charge is 0.185 e. The fourth-order valence-electron chi connectivity index (χ4n) is 1.46. The zero-order valence-electron chi connectivity index (χ0n) is 9.73. The first-order valence-corrected chi connectivity index (χ1v) is 5.40. The standard InChI is InChI=1S/C11H17N3OS/c1-7(2)9-6-8(15-3)4-5-10(9)14(13)11(12)16/h4-7H,13H2,1-3H3,(H2,12,16). The summed E-state index contributed by atoms with van der Waals surface area (Å²) in [5.74, 6) is 6.90. The van der Waals surface area contributed by atoms with Crippen molar-refractivity contribution in [2.45, 2.75) is 19.8 Å². The highest BCUT2D eigenvalue weighted by Gasteiger charge is 2.13. The minimum atomic E-state index is 0.145. The summed E-state index contributed by atoms with van der Waals surface area (Å²) in [5, 5.41) is 1.46. The van der Waals surface area contributed by atoms with Gasteiger partial charge in [0.25, 0.3) is 0 Å². The van der Waals surface area contributed by atoms with Crippen LogP contribution in [0.3, 0.4) is 0 Å². The largest absolute Gasteiger partial charge is 0.497 e. The van der Waals surface area contributed by atoms with Crippen molar-refractivity contribution in [2.24, 2.45) is 11.6 Å². The predicted octanol–water partition coefficient (Wildman–Crippen LogP) is 1.74. The molecule has 5 heteroatoms. The molecule has 16 heavy (non-hydrogen) atoms. The summed E-state index contributed by atoms with van der Waals surface area (Å²) in [6.07, 6.45) is 0. The van der Waals surface area contributed by atoms with E-state index >= 15 is 0 Å². The lowest BCUT2D eigenvalue weighted by Gasteiger charge is -2.22. The topological polar surface area (TPSA) is 64.5 Å². The van der Waals surface area contributed by atoms with Gasteiger partial charge in [-0.05, 0) is 41.9 Å². The van der Waals surface area contributed by atoms with Gasteiger partial charge in [0, 0.05) is 0 Å². The Morgan fingerprint density at radius 3 is 2.50 bits per heavy atom. The number of hydrogen-bond donors (Lipinski definition) is 2. The minimum Gasteiger partial charge on any atom is -0.497 e. The van der Waals surface area contributed by atoms with Crippen LogP contribution in [-0.4, -0.2) is 12.2 Å². The maximum Gasteiger partial charge on any atom is 0.185 e. The third kappa shape index (κ3) is 2.62. The molecule has 0 saturated carbocycles. The van der Waals surface area contributed by atoms with Crippen molar-refractivity contribution in [3.8, 4) is 5.75 Å². The summed E-state index contributed by atoms with van der Waals surface area (Å²) < 4.78 is 5.18. The average molecular weight is 239 g/mol. The van der Waals surface area contributed by atoms with E-state index in [4.69, 9.17) is 28.5 Å². The number of rotatable bonds is 3. The third-order valence-electron chi connectivity index (χ3n) is 2.35. The molecular formula is C11H17N3OS. The van der Waals surface area contributed by atoms with Gasteiger partial charge in [-0.15, -0.1) is 0 Å². The van der Waals surface area contributed by atoms with E-state index in [2.05, 4.69) is 13.8 Å². The fourth-order valence-corrected chi connectivity index (χ4v) is 1.56. The van der Waals surface area contributed by atoms with E-state index in [1.165, 1.54) is 5.01 Å². The maximum atomic E-state index is 5.79. The van der Waals surface area contributed by atoms with Gasteiger partial charge < -0.3 is 10.5 Å². The molecule has 0 aliphatic rings. The van der Waals surface area contributed by atoms with E-state index in [9.17, 15) is 0 Å². The molecule has 1 rings (SSSR count). The summed E-state index contributed by atoms with van der Waals surface area (Å²) >= 11 is 4.86. The van der Waals surface area contributed by atoms with Crippen molar-refractivity contribution in [2.75, 3.05) is 12.1 Å². The number of nitrogens with zero attached hydrogens (tertiary/aromatic N) is 1. The van der Waals surface area contributed by atoms with Gasteiger partial charge in [-0.2, -0.15) is 0 Å². The van der Waals surface area contributed by atoms with Crippen LogP contribution in [-0.2, 0) is 0 Å². The van der Waals surface area contributed by atoms with Crippen LogP contribution in [0.4, 0.5) is 5.69 Å². The first-order valence-electron chi connectivity index (χ1n) is 4.99. The molecule has 0 aliphatic carbocycles. The van der Waals surface area contributed by atoms with Crippen molar-refractivity contribution in [1.29, 1.82) is 0 Å². The van der Waals surface area contributed by atoms with Crippen molar-refractivity contribution in [3.05, 3.63) is 23.8 Å². The average Bonchev–Trinajstić information content (AvgIpc) is 2.26. The molecule has 1 aromatic carbocycles. The Labute approximate surface area is 101 Å². The molecular weight excluding hydrogens is 222 g/mol. The van der Waals surface area contributed by atoms with Gasteiger partial charge in [-0.3, -0.25) is 5.01 Å². The fraction of sp³-hybridized carbons (Fsp3) is 0.364. The zero-order chi connectivity index (χ0) is 12.3. The van der Waals surface area contributed by atoms with Gasteiger partial charge in [0.15, 0.2) is 5.11 Å². The van der Waals surface area contributed by atoms with Crippen LogP contribution in [0.25, 0.3) is 0 Å². The van der Waals surface area contributed by atoms with Crippen LogP contribution >= 0.6 is 12.2 Å². The Balaban J connectivity index is 3.22. The Hall–Kier alpha value is -1.33. The summed E-state index contributed by atoms with van der Waals surface area (Å²) in [4.78, 5) is 0. The highest BCUT2D eigenvalue weighted by atomic mass is 32.1. The van der Waals surface area contributed by atoms with Gasteiger partial charge in [0.05, 0.1) is 12.8 Å². The van der Waals surface area contributed by atoms with Crippen LogP contribution in [0.1, 0.15) is 25.3 Å². The normalized spacial score (nSPS) is 10.3. The van der Waals surface area contributed by atoms with Crippen LogP contribution in [0.2, 0.25) is 0 Å². The van der Waals surface area contributed by atoms with E-state index in [0.29, 0.717) is 5.92 Å². The number of hydrogen-bond acceptors (Lipinski definition) is 3. The Morgan fingerprint density at radius 2 is 2.06 bits per heavy atom. The lowest BCUT2D eigenvalue weighted by molar-refractivity contribution is 0.414. The van der Waals surface area contributed by atoms with E-state index < -0.39 is 0 Å². The molecule has 4 N–H and O–H groups in total. The second-order valence-electron chi connectivity index (χ2n) is 3.79. The summed E-state index contributed by atoms with van der Waals surface area (Å²) in [6.45, 7) is 4.15. The van der Waals surface area contributed by atoms with Gasteiger partial charge in [-0.1, -0.05) is 13.8 Å². The third-order valence-corrected chi connectivity index (χ3v) is 2.55. The number of thiocarbonyl (C=S) groups is 1. The molecule has 0 amide bonds. The summed E-state index contributed by atoms with van der Waals surface area (Å²) in [5.41, 5.74) is 7.37. The van der Waals surface area contributed by atoms with Crippen LogP contribution in [0.5, 0.6) is 5.75 Å². The molecule has 88 valence electrons. The monoisotopic (exact) mass is 239 g/mol. The van der Waals surface area contributed by atoms with E-state index in [1.54, 1.807) is 7.11 Å². The second kappa shape index (κ2) is 5.14. The Morgan fingerprint density at radius 1 is 1.44 bits per heavy atom. The lowest BCUT2D eigenvalue weighted by Crippen LogP contribution is -2.41. The van der Waals surface area contributed by atoms with Gasteiger partial charge in [-0.25, -0.2) is 5.84 Å². The molecule has 0 aromatic heterocycles. The van der Waals surface area contributed by atoms with Gasteiger partial charge in [0.2, 0.25) is 0 Å². The molecule has 0 fully saturated rings. The van der Waals surface area contributed by atoms with Crippen molar-refractivity contribution < 1.29 is 4.74 Å². The molecule has 4 nitrogen and oxygen atoms in total. The van der Waals surface area contributed by atoms with E-state index in [0.717, 1.165) is 17.0 Å². The molecule has 0 heterocycles. The number of methoxy groups -OCH3 is 1. The number of ether oxygens (including phenoxy) is 1. The summed E-state index contributed by atoms with van der Waals surface area (Å²) in [7, 11) is 1.63. The van der Waals surface area contributed by atoms with E-state index in [-0.39, 0.29) is 5.11 Å². The first kappa shape index (κ1) is 12.7. The Kier molecular flexibility index (Phi) is 4.09. The van der Waals surface area contributed by atoms with Crippen LogP contribution in [0, 0.1) is 0 Å². The molecule has 1 aromatic rings. The van der Waals surface area contributed by atoms with Crippen molar-refractivity contribution in [1.82, 2.24) is 0 Å². The molecule has 0 radical (unpaired) electrons. The highest BCUT2D eigenvalue weighted by molar-refractivity contribution is 7.80. The minimum absolute atomic E-state index is 0.145. The lowest BCUT2D eigenvalue weighted by atomic mass is 10.0. The summed E-state index contributed by atoms with van der Waals surface area (Å²) in [6, 6.07) is 5.63. The number of hydrazine groups is 1. The van der Waals surface area contributed by atoms with Crippen LogP contribution < -0.4 is 21.3 Å².